The van der Waals surface area contributed by atoms with Crippen LogP contribution in [0.4, 0.5) is 0 Å². The third-order valence-electron chi connectivity index (χ3n) is 3.80. The summed E-state index contributed by atoms with van der Waals surface area (Å²) >= 11 is 0. The second-order valence-corrected chi connectivity index (χ2v) is 4.71. The summed E-state index contributed by atoms with van der Waals surface area (Å²) in [5, 5.41) is 0. The Bertz CT molecular complexity index is 136. The van der Waals surface area contributed by atoms with Gasteiger partial charge in [0.15, 0.2) is 0 Å². The summed E-state index contributed by atoms with van der Waals surface area (Å²) in [4.78, 5) is 0. The zero-order chi connectivity index (χ0) is 9.73. The van der Waals surface area contributed by atoms with E-state index < -0.39 is 0 Å². The first kappa shape index (κ1) is 11.0. The van der Waals surface area contributed by atoms with Gasteiger partial charge < -0.3 is 4.74 Å². The molecule has 0 bridgehead atoms. The van der Waals surface area contributed by atoms with Crippen molar-refractivity contribution in [2.75, 3.05) is 13.2 Å². The van der Waals surface area contributed by atoms with E-state index in [9.17, 15) is 0 Å². The van der Waals surface area contributed by atoms with Crippen molar-refractivity contribution in [3.05, 3.63) is 0 Å². The van der Waals surface area contributed by atoms with Gasteiger partial charge in [-0.2, -0.15) is 0 Å². The fourth-order valence-electron chi connectivity index (χ4n) is 2.06. The molecule has 0 spiro atoms. The van der Waals surface area contributed by atoms with Crippen LogP contribution in [0.1, 0.15) is 52.9 Å². The molecular formula is C12H24O. The molecule has 1 heterocycles. The van der Waals surface area contributed by atoms with Gasteiger partial charge in [0.2, 0.25) is 0 Å². The Hall–Kier alpha value is -0.0400. The molecule has 0 saturated carbocycles. The van der Waals surface area contributed by atoms with Crippen molar-refractivity contribution < 1.29 is 4.74 Å². The fourth-order valence-corrected chi connectivity index (χ4v) is 2.06. The fraction of sp³-hybridized carbons (Fsp3) is 1.00. The van der Waals surface area contributed by atoms with Gasteiger partial charge in [0.25, 0.3) is 0 Å². The molecule has 13 heavy (non-hydrogen) atoms. The minimum absolute atomic E-state index is 0.545. The molecule has 78 valence electrons. The largest absolute Gasteiger partial charge is 0.381 e. The van der Waals surface area contributed by atoms with Crippen molar-refractivity contribution in [1.29, 1.82) is 0 Å². The van der Waals surface area contributed by atoms with E-state index in [1.165, 1.54) is 32.1 Å². The summed E-state index contributed by atoms with van der Waals surface area (Å²) < 4.78 is 5.52. The van der Waals surface area contributed by atoms with E-state index in [1.54, 1.807) is 0 Å². The van der Waals surface area contributed by atoms with Crippen LogP contribution in [0.15, 0.2) is 0 Å². The SMILES string of the molecule is CCC(C)CCC1(CC)CCOC1. The van der Waals surface area contributed by atoms with E-state index in [-0.39, 0.29) is 0 Å². The van der Waals surface area contributed by atoms with Crippen LogP contribution in [0.2, 0.25) is 0 Å². The van der Waals surface area contributed by atoms with Gasteiger partial charge in [0.1, 0.15) is 0 Å². The van der Waals surface area contributed by atoms with Crippen LogP contribution in [0.25, 0.3) is 0 Å². The summed E-state index contributed by atoms with van der Waals surface area (Å²) in [6.07, 6.45) is 6.66. The van der Waals surface area contributed by atoms with E-state index in [1.807, 2.05) is 0 Å². The molecule has 1 aliphatic rings. The molecule has 0 amide bonds. The summed E-state index contributed by atoms with van der Waals surface area (Å²) in [6.45, 7) is 8.97. The highest BCUT2D eigenvalue weighted by molar-refractivity contribution is 4.82. The molecular weight excluding hydrogens is 160 g/mol. The monoisotopic (exact) mass is 184 g/mol. The first-order chi connectivity index (χ1) is 6.22. The predicted octanol–water partition coefficient (Wildman–Crippen LogP) is 3.63. The Balaban J connectivity index is 2.31. The molecule has 1 saturated heterocycles. The van der Waals surface area contributed by atoms with Crippen molar-refractivity contribution in [1.82, 2.24) is 0 Å². The highest BCUT2D eigenvalue weighted by Crippen LogP contribution is 2.38. The third kappa shape index (κ3) is 2.98. The molecule has 0 aromatic heterocycles. The van der Waals surface area contributed by atoms with E-state index in [0.717, 1.165) is 19.1 Å². The highest BCUT2D eigenvalue weighted by Gasteiger charge is 2.32. The molecule has 1 aliphatic heterocycles. The second-order valence-electron chi connectivity index (χ2n) is 4.71. The molecule has 0 aromatic rings. The van der Waals surface area contributed by atoms with Gasteiger partial charge in [-0.25, -0.2) is 0 Å². The van der Waals surface area contributed by atoms with Crippen molar-refractivity contribution in [2.45, 2.75) is 52.9 Å². The smallest absolute Gasteiger partial charge is 0.0523 e. The zero-order valence-corrected chi connectivity index (χ0v) is 9.44. The second kappa shape index (κ2) is 4.99. The third-order valence-corrected chi connectivity index (χ3v) is 3.80. The normalized spacial score (nSPS) is 30.7. The Morgan fingerprint density at radius 3 is 2.62 bits per heavy atom. The minimum Gasteiger partial charge on any atom is -0.381 e. The Morgan fingerprint density at radius 1 is 1.38 bits per heavy atom. The van der Waals surface area contributed by atoms with Gasteiger partial charge in [-0.3, -0.25) is 0 Å². The number of ether oxygens (including phenoxy) is 1. The topological polar surface area (TPSA) is 9.23 Å². The van der Waals surface area contributed by atoms with Crippen molar-refractivity contribution in [3.63, 3.8) is 0 Å². The van der Waals surface area contributed by atoms with Gasteiger partial charge >= 0.3 is 0 Å². The van der Waals surface area contributed by atoms with E-state index in [0.29, 0.717) is 5.41 Å². The number of hydrogen-bond donors (Lipinski definition) is 0. The van der Waals surface area contributed by atoms with E-state index >= 15 is 0 Å². The number of hydrogen-bond acceptors (Lipinski definition) is 1. The maximum absolute atomic E-state index is 5.52. The quantitative estimate of drug-likeness (QED) is 0.634. The molecule has 0 radical (unpaired) electrons. The van der Waals surface area contributed by atoms with Crippen LogP contribution in [-0.4, -0.2) is 13.2 Å². The van der Waals surface area contributed by atoms with Crippen LogP contribution in [0.3, 0.4) is 0 Å². The molecule has 1 fully saturated rings. The van der Waals surface area contributed by atoms with Gasteiger partial charge in [-0.1, -0.05) is 33.6 Å². The van der Waals surface area contributed by atoms with Crippen molar-refractivity contribution in [3.8, 4) is 0 Å². The van der Waals surface area contributed by atoms with Crippen LogP contribution >= 0.6 is 0 Å². The van der Waals surface area contributed by atoms with Crippen molar-refractivity contribution in [2.24, 2.45) is 11.3 Å². The zero-order valence-electron chi connectivity index (χ0n) is 9.44. The Labute approximate surface area is 82.9 Å². The Morgan fingerprint density at radius 2 is 2.15 bits per heavy atom. The van der Waals surface area contributed by atoms with Crippen LogP contribution in [-0.2, 0) is 4.74 Å². The first-order valence-corrected chi connectivity index (χ1v) is 5.80. The Kier molecular flexibility index (Phi) is 4.24. The van der Waals surface area contributed by atoms with Crippen LogP contribution in [0, 0.1) is 11.3 Å². The van der Waals surface area contributed by atoms with Crippen LogP contribution in [0.5, 0.6) is 0 Å². The lowest BCUT2D eigenvalue weighted by molar-refractivity contribution is 0.137. The predicted molar refractivity (Wildman–Crippen MR) is 56.8 cm³/mol. The maximum atomic E-state index is 5.52. The molecule has 1 nitrogen and oxygen atoms in total. The lowest BCUT2D eigenvalue weighted by Crippen LogP contribution is -2.20. The molecule has 0 N–H and O–H groups in total. The summed E-state index contributed by atoms with van der Waals surface area (Å²) in [5.41, 5.74) is 0.545. The molecule has 2 unspecified atom stereocenters. The average molecular weight is 184 g/mol. The molecule has 0 aromatic carbocycles. The standard InChI is InChI=1S/C12H24O/c1-4-11(3)6-7-12(5-2)8-9-13-10-12/h11H,4-10H2,1-3H3. The van der Waals surface area contributed by atoms with Crippen molar-refractivity contribution >= 4 is 0 Å². The lowest BCUT2D eigenvalue weighted by Gasteiger charge is -2.26. The van der Waals surface area contributed by atoms with Gasteiger partial charge in [0.05, 0.1) is 6.61 Å². The van der Waals surface area contributed by atoms with Gasteiger partial charge in [-0.15, -0.1) is 0 Å². The highest BCUT2D eigenvalue weighted by atomic mass is 16.5. The van der Waals surface area contributed by atoms with Gasteiger partial charge in [0, 0.05) is 6.61 Å². The van der Waals surface area contributed by atoms with E-state index in [4.69, 9.17) is 4.74 Å². The van der Waals surface area contributed by atoms with Gasteiger partial charge in [-0.05, 0) is 30.6 Å². The molecule has 1 heteroatoms. The van der Waals surface area contributed by atoms with E-state index in [2.05, 4.69) is 20.8 Å². The summed E-state index contributed by atoms with van der Waals surface area (Å²) in [7, 11) is 0. The molecule has 1 rings (SSSR count). The first-order valence-electron chi connectivity index (χ1n) is 5.80. The minimum atomic E-state index is 0.545. The molecule has 0 aliphatic carbocycles. The summed E-state index contributed by atoms with van der Waals surface area (Å²) in [6, 6.07) is 0. The number of rotatable bonds is 5. The maximum Gasteiger partial charge on any atom is 0.0523 e. The lowest BCUT2D eigenvalue weighted by atomic mass is 9.78. The summed E-state index contributed by atoms with van der Waals surface area (Å²) in [5.74, 6) is 0.893. The average Bonchev–Trinajstić information content (AvgIpc) is 2.63. The van der Waals surface area contributed by atoms with Crippen LogP contribution < -0.4 is 0 Å². The molecule has 2 atom stereocenters.